The zero-order valence-electron chi connectivity index (χ0n) is 12.3. The summed E-state index contributed by atoms with van der Waals surface area (Å²) in [6, 6.07) is 6.91. The summed E-state index contributed by atoms with van der Waals surface area (Å²) >= 11 is 5.94. The Bertz CT molecular complexity index is 519. The number of hydrogen-bond donors (Lipinski definition) is 2. The first-order valence-corrected chi connectivity index (χ1v) is 7.64. The van der Waals surface area contributed by atoms with Crippen molar-refractivity contribution in [2.45, 2.75) is 6.42 Å². The van der Waals surface area contributed by atoms with Crippen LogP contribution in [0, 0.1) is 0 Å². The first-order valence-electron chi connectivity index (χ1n) is 7.26. The average Bonchev–Trinajstić information content (AvgIpc) is 2.50. The van der Waals surface area contributed by atoms with E-state index < -0.39 is 0 Å². The minimum atomic E-state index is -0.378. The molecular weight excluding hydrogens is 306 g/mol. The summed E-state index contributed by atoms with van der Waals surface area (Å²) in [6.07, 6.45) is -0.214. The summed E-state index contributed by atoms with van der Waals surface area (Å²) in [6.45, 7) is 4.51. The number of nitrogens with one attached hydrogen (secondary N) is 2. The predicted molar refractivity (Wildman–Crippen MR) is 85.0 cm³/mol. The number of morpholine rings is 1. The topological polar surface area (TPSA) is 70.7 Å². The van der Waals surface area contributed by atoms with E-state index >= 15 is 0 Å². The molecule has 1 aliphatic rings. The van der Waals surface area contributed by atoms with Crippen LogP contribution in [-0.2, 0) is 14.3 Å². The normalized spacial score (nSPS) is 15.3. The Morgan fingerprint density at radius 1 is 1.18 bits per heavy atom. The number of benzene rings is 1. The van der Waals surface area contributed by atoms with E-state index in [2.05, 4.69) is 15.5 Å². The van der Waals surface area contributed by atoms with E-state index in [1.807, 2.05) is 0 Å². The van der Waals surface area contributed by atoms with E-state index in [-0.39, 0.29) is 18.2 Å². The summed E-state index contributed by atoms with van der Waals surface area (Å²) in [5, 5.41) is 5.82. The predicted octanol–water partition coefficient (Wildman–Crippen LogP) is 1.12. The molecule has 2 rings (SSSR count). The van der Waals surface area contributed by atoms with Crippen molar-refractivity contribution in [1.82, 2.24) is 10.2 Å². The van der Waals surface area contributed by atoms with Gasteiger partial charge in [0.2, 0.25) is 11.8 Å². The molecule has 0 radical (unpaired) electrons. The summed E-state index contributed by atoms with van der Waals surface area (Å²) < 4.78 is 5.25. The van der Waals surface area contributed by atoms with Gasteiger partial charge in [0.15, 0.2) is 0 Å². The molecule has 0 bridgehead atoms. The fourth-order valence-electron chi connectivity index (χ4n) is 2.14. The molecule has 6 nitrogen and oxygen atoms in total. The lowest BCUT2D eigenvalue weighted by molar-refractivity contribution is -0.126. The SMILES string of the molecule is O=C(CC(=O)Nc1ccccc1Cl)NCCN1CCOCC1. The van der Waals surface area contributed by atoms with Crippen molar-refractivity contribution in [3.63, 3.8) is 0 Å². The van der Waals surface area contributed by atoms with Gasteiger partial charge in [-0.2, -0.15) is 0 Å². The number of rotatable bonds is 6. The summed E-state index contributed by atoms with van der Waals surface area (Å²) in [4.78, 5) is 25.7. The molecule has 0 aromatic heterocycles. The van der Waals surface area contributed by atoms with E-state index in [4.69, 9.17) is 16.3 Å². The van der Waals surface area contributed by atoms with Crippen molar-refractivity contribution in [2.24, 2.45) is 0 Å². The first-order chi connectivity index (χ1) is 10.6. The first kappa shape index (κ1) is 16.7. The van der Waals surface area contributed by atoms with Crippen LogP contribution in [0.2, 0.25) is 5.02 Å². The number of para-hydroxylation sites is 1. The summed E-state index contributed by atoms with van der Waals surface area (Å²) in [5.74, 6) is -0.671. The maximum Gasteiger partial charge on any atom is 0.233 e. The quantitative estimate of drug-likeness (QED) is 0.769. The molecule has 0 atom stereocenters. The Morgan fingerprint density at radius 3 is 2.64 bits per heavy atom. The van der Waals surface area contributed by atoms with Gasteiger partial charge in [0.05, 0.1) is 23.9 Å². The second kappa shape index (κ2) is 8.73. The molecule has 0 aliphatic carbocycles. The molecule has 120 valence electrons. The monoisotopic (exact) mass is 325 g/mol. The van der Waals surface area contributed by atoms with Crippen molar-refractivity contribution in [3.8, 4) is 0 Å². The molecule has 1 aromatic carbocycles. The third-order valence-electron chi connectivity index (χ3n) is 3.32. The number of carbonyl (C=O) groups is 2. The molecule has 1 heterocycles. The molecule has 1 aromatic rings. The zero-order chi connectivity index (χ0) is 15.8. The molecule has 1 aliphatic heterocycles. The highest BCUT2D eigenvalue weighted by Crippen LogP contribution is 2.20. The average molecular weight is 326 g/mol. The van der Waals surface area contributed by atoms with Crippen LogP contribution in [0.3, 0.4) is 0 Å². The molecule has 2 amide bonds. The maximum absolute atomic E-state index is 11.8. The number of ether oxygens (including phenoxy) is 1. The summed E-state index contributed by atoms with van der Waals surface area (Å²) in [5.41, 5.74) is 0.510. The van der Waals surface area contributed by atoms with Gasteiger partial charge in [0.25, 0.3) is 0 Å². The van der Waals surface area contributed by atoms with Crippen LogP contribution in [-0.4, -0.2) is 56.1 Å². The van der Waals surface area contributed by atoms with Crippen LogP contribution in [0.4, 0.5) is 5.69 Å². The highest BCUT2D eigenvalue weighted by atomic mass is 35.5. The number of amides is 2. The second-order valence-corrected chi connectivity index (χ2v) is 5.42. The van der Waals surface area contributed by atoms with Crippen molar-refractivity contribution >= 4 is 29.1 Å². The van der Waals surface area contributed by atoms with Crippen molar-refractivity contribution < 1.29 is 14.3 Å². The Kier molecular flexibility index (Phi) is 6.64. The highest BCUT2D eigenvalue weighted by molar-refractivity contribution is 6.33. The van der Waals surface area contributed by atoms with Gasteiger partial charge in [-0.3, -0.25) is 14.5 Å². The molecule has 1 saturated heterocycles. The van der Waals surface area contributed by atoms with Gasteiger partial charge >= 0.3 is 0 Å². The fourth-order valence-corrected chi connectivity index (χ4v) is 2.33. The van der Waals surface area contributed by atoms with Gasteiger partial charge in [-0.05, 0) is 12.1 Å². The van der Waals surface area contributed by atoms with Crippen molar-refractivity contribution in [1.29, 1.82) is 0 Å². The molecular formula is C15H20ClN3O3. The molecule has 1 fully saturated rings. The largest absolute Gasteiger partial charge is 0.379 e. The molecule has 2 N–H and O–H groups in total. The lowest BCUT2D eigenvalue weighted by Gasteiger charge is -2.26. The van der Waals surface area contributed by atoms with Gasteiger partial charge < -0.3 is 15.4 Å². The van der Waals surface area contributed by atoms with E-state index in [9.17, 15) is 9.59 Å². The van der Waals surface area contributed by atoms with Crippen molar-refractivity contribution in [3.05, 3.63) is 29.3 Å². The van der Waals surface area contributed by atoms with Gasteiger partial charge in [0, 0.05) is 26.2 Å². The lowest BCUT2D eigenvalue weighted by atomic mass is 10.3. The maximum atomic E-state index is 11.8. The molecule has 0 spiro atoms. The lowest BCUT2D eigenvalue weighted by Crippen LogP contribution is -2.41. The van der Waals surface area contributed by atoms with E-state index in [1.54, 1.807) is 24.3 Å². The van der Waals surface area contributed by atoms with Gasteiger partial charge in [-0.1, -0.05) is 23.7 Å². The van der Waals surface area contributed by atoms with E-state index in [1.165, 1.54) is 0 Å². The number of carbonyl (C=O) groups excluding carboxylic acids is 2. The van der Waals surface area contributed by atoms with Crippen LogP contribution in [0.25, 0.3) is 0 Å². The van der Waals surface area contributed by atoms with E-state index in [0.717, 1.165) is 32.8 Å². The molecule has 0 saturated carbocycles. The molecule has 0 unspecified atom stereocenters. The minimum absolute atomic E-state index is 0.214. The Morgan fingerprint density at radius 2 is 1.91 bits per heavy atom. The Hall–Kier alpha value is -1.63. The van der Waals surface area contributed by atoms with Crippen LogP contribution >= 0.6 is 11.6 Å². The van der Waals surface area contributed by atoms with Crippen LogP contribution in [0.1, 0.15) is 6.42 Å². The van der Waals surface area contributed by atoms with Gasteiger partial charge in [-0.15, -0.1) is 0 Å². The standard InChI is InChI=1S/C15H20ClN3O3/c16-12-3-1-2-4-13(12)18-15(21)11-14(20)17-5-6-19-7-9-22-10-8-19/h1-4H,5-11H2,(H,17,20)(H,18,21). The Balaban J connectivity index is 1.65. The van der Waals surface area contributed by atoms with Gasteiger partial charge in [-0.25, -0.2) is 0 Å². The second-order valence-electron chi connectivity index (χ2n) is 5.01. The summed E-state index contributed by atoms with van der Waals surface area (Å²) in [7, 11) is 0. The number of hydrogen-bond acceptors (Lipinski definition) is 4. The number of anilines is 1. The highest BCUT2D eigenvalue weighted by Gasteiger charge is 2.13. The smallest absolute Gasteiger partial charge is 0.233 e. The molecule has 7 heteroatoms. The van der Waals surface area contributed by atoms with Gasteiger partial charge in [0.1, 0.15) is 6.42 Å². The Labute approximate surface area is 134 Å². The number of nitrogens with zero attached hydrogens (tertiary/aromatic N) is 1. The molecule has 22 heavy (non-hydrogen) atoms. The minimum Gasteiger partial charge on any atom is -0.379 e. The van der Waals surface area contributed by atoms with Crippen LogP contribution in [0.15, 0.2) is 24.3 Å². The fraction of sp³-hybridized carbons (Fsp3) is 0.467. The third kappa shape index (κ3) is 5.63. The number of halogens is 1. The van der Waals surface area contributed by atoms with Crippen LogP contribution in [0.5, 0.6) is 0 Å². The van der Waals surface area contributed by atoms with Crippen molar-refractivity contribution in [2.75, 3.05) is 44.7 Å². The zero-order valence-corrected chi connectivity index (χ0v) is 13.1. The van der Waals surface area contributed by atoms with E-state index in [0.29, 0.717) is 17.3 Å². The third-order valence-corrected chi connectivity index (χ3v) is 3.65. The van der Waals surface area contributed by atoms with Crippen LogP contribution < -0.4 is 10.6 Å².